The van der Waals surface area contributed by atoms with Gasteiger partial charge in [-0.1, -0.05) is 0 Å². The minimum Gasteiger partial charge on any atom is -0.337 e. The fourth-order valence-electron chi connectivity index (χ4n) is 2.56. The second kappa shape index (κ2) is 3.89. The van der Waals surface area contributed by atoms with Crippen LogP contribution >= 0.6 is 0 Å². The minimum atomic E-state index is 0.379. The molecule has 0 aromatic rings. The van der Waals surface area contributed by atoms with E-state index in [9.17, 15) is 4.79 Å². The Labute approximate surface area is 86.1 Å². The van der Waals surface area contributed by atoms with Gasteiger partial charge in [-0.2, -0.15) is 0 Å². The zero-order valence-electron chi connectivity index (χ0n) is 9.20. The van der Waals surface area contributed by atoms with E-state index in [2.05, 4.69) is 23.6 Å². The summed E-state index contributed by atoms with van der Waals surface area (Å²) < 4.78 is 0. The number of rotatable bonds is 1. The van der Waals surface area contributed by atoms with Crippen LogP contribution in [0.25, 0.3) is 0 Å². The summed E-state index contributed by atoms with van der Waals surface area (Å²) in [4.78, 5) is 16.2. The summed E-state index contributed by atoms with van der Waals surface area (Å²) in [5, 5.41) is 0. The van der Waals surface area contributed by atoms with E-state index in [0.717, 1.165) is 32.5 Å². The van der Waals surface area contributed by atoms with Gasteiger partial charge in [0.1, 0.15) is 0 Å². The fourth-order valence-corrected chi connectivity index (χ4v) is 2.56. The van der Waals surface area contributed by atoms with Gasteiger partial charge in [0.25, 0.3) is 0 Å². The molecular weight excluding hydrogens is 176 g/mol. The monoisotopic (exact) mass is 196 g/mol. The molecule has 80 valence electrons. The highest BCUT2D eigenvalue weighted by Gasteiger charge is 2.33. The van der Waals surface area contributed by atoms with Crippen molar-refractivity contribution < 1.29 is 4.79 Å². The molecule has 2 saturated heterocycles. The van der Waals surface area contributed by atoms with Crippen LogP contribution in [0.3, 0.4) is 0 Å². The highest BCUT2D eigenvalue weighted by atomic mass is 16.2. The van der Waals surface area contributed by atoms with Gasteiger partial charge in [0.2, 0.25) is 5.91 Å². The number of nitrogens with zero attached hydrogens (tertiary/aromatic N) is 2. The summed E-state index contributed by atoms with van der Waals surface area (Å²) in [6.45, 7) is 7.56. The largest absolute Gasteiger partial charge is 0.337 e. The molecule has 0 aromatic carbocycles. The smallest absolute Gasteiger partial charge is 0.222 e. The van der Waals surface area contributed by atoms with E-state index in [1.54, 1.807) is 0 Å². The lowest BCUT2D eigenvalue weighted by Crippen LogP contribution is -2.58. The number of piperidine rings is 1. The number of fused-ring (bicyclic) bond motifs is 1. The van der Waals surface area contributed by atoms with Crippen molar-refractivity contribution in [1.82, 2.24) is 9.80 Å². The summed E-state index contributed by atoms with van der Waals surface area (Å²) in [5.41, 5.74) is 0. The second-order valence-corrected chi connectivity index (χ2v) is 4.72. The maximum atomic E-state index is 11.6. The SMILES string of the molecule is CC(C)N1CCN2C(=O)CCC[C@H]2C1. The van der Waals surface area contributed by atoms with Gasteiger partial charge < -0.3 is 4.90 Å². The second-order valence-electron chi connectivity index (χ2n) is 4.72. The van der Waals surface area contributed by atoms with E-state index >= 15 is 0 Å². The maximum Gasteiger partial charge on any atom is 0.222 e. The van der Waals surface area contributed by atoms with E-state index in [4.69, 9.17) is 0 Å². The molecule has 0 bridgehead atoms. The van der Waals surface area contributed by atoms with Crippen molar-refractivity contribution in [3.63, 3.8) is 0 Å². The van der Waals surface area contributed by atoms with Crippen LogP contribution in [0.4, 0.5) is 0 Å². The number of carbonyl (C=O) groups is 1. The number of hydrogen-bond acceptors (Lipinski definition) is 2. The van der Waals surface area contributed by atoms with Crippen LogP contribution in [0, 0.1) is 0 Å². The third kappa shape index (κ3) is 1.78. The highest BCUT2D eigenvalue weighted by molar-refractivity contribution is 5.77. The maximum absolute atomic E-state index is 11.6. The third-order valence-electron chi connectivity index (χ3n) is 3.49. The summed E-state index contributed by atoms with van der Waals surface area (Å²) >= 11 is 0. The van der Waals surface area contributed by atoms with E-state index in [-0.39, 0.29) is 0 Å². The number of carbonyl (C=O) groups excluding carboxylic acids is 1. The van der Waals surface area contributed by atoms with Crippen LogP contribution in [-0.4, -0.2) is 47.4 Å². The molecule has 3 nitrogen and oxygen atoms in total. The highest BCUT2D eigenvalue weighted by Crippen LogP contribution is 2.22. The molecule has 2 heterocycles. The summed E-state index contributed by atoms with van der Waals surface area (Å²) in [7, 11) is 0. The van der Waals surface area contributed by atoms with Crippen molar-refractivity contribution in [3.8, 4) is 0 Å². The van der Waals surface area contributed by atoms with Crippen LogP contribution in [0.5, 0.6) is 0 Å². The minimum absolute atomic E-state index is 0.379. The fraction of sp³-hybridized carbons (Fsp3) is 0.909. The Hall–Kier alpha value is -0.570. The van der Waals surface area contributed by atoms with Gasteiger partial charge in [0.05, 0.1) is 0 Å². The first-order chi connectivity index (χ1) is 6.68. The molecule has 1 atom stereocenters. The molecule has 0 aliphatic carbocycles. The summed E-state index contributed by atoms with van der Waals surface area (Å²) in [5.74, 6) is 0.379. The Morgan fingerprint density at radius 3 is 2.86 bits per heavy atom. The lowest BCUT2D eigenvalue weighted by Gasteiger charge is -2.45. The molecule has 1 amide bonds. The summed E-state index contributed by atoms with van der Waals surface area (Å²) in [6, 6.07) is 1.13. The van der Waals surface area contributed by atoms with Crippen molar-refractivity contribution in [2.75, 3.05) is 19.6 Å². The first-order valence-corrected chi connectivity index (χ1v) is 5.72. The van der Waals surface area contributed by atoms with Crippen molar-refractivity contribution in [1.29, 1.82) is 0 Å². The topological polar surface area (TPSA) is 23.6 Å². The van der Waals surface area contributed by atoms with E-state index in [1.165, 1.54) is 6.42 Å². The molecule has 2 aliphatic heterocycles. The van der Waals surface area contributed by atoms with Crippen molar-refractivity contribution in [2.45, 2.75) is 45.2 Å². The molecule has 2 fully saturated rings. The predicted molar refractivity (Wildman–Crippen MR) is 56.1 cm³/mol. The van der Waals surface area contributed by atoms with Gasteiger partial charge in [-0.05, 0) is 26.7 Å². The lowest BCUT2D eigenvalue weighted by molar-refractivity contribution is -0.139. The Morgan fingerprint density at radius 2 is 2.14 bits per heavy atom. The van der Waals surface area contributed by atoms with Crippen molar-refractivity contribution >= 4 is 5.91 Å². The normalized spacial score (nSPS) is 29.5. The first-order valence-electron chi connectivity index (χ1n) is 5.72. The van der Waals surface area contributed by atoms with Gasteiger partial charge in [-0.25, -0.2) is 0 Å². The number of hydrogen-bond donors (Lipinski definition) is 0. The van der Waals surface area contributed by atoms with E-state index < -0.39 is 0 Å². The third-order valence-corrected chi connectivity index (χ3v) is 3.49. The molecule has 2 aliphatic rings. The van der Waals surface area contributed by atoms with Crippen LogP contribution in [-0.2, 0) is 4.79 Å². The molecule has 14 heavy (non-hydrogen) atoms. The standard InChI is InChI=1S/C11H20N2O/c1-9(2)12-6-7-13-10(8-12)4-3-5-11(13)14/h9-10H,3-8H2,1-2H3/t10-/m0/s1. The Morgan fingerprint density at radius 1 is 1.36 bits per heavy atom. The zero-order chi connectivity index (χ0) is 10.1. The lowest BCUT2D eigenvalue weighted by atomic mass is 9.98. The molecule has 3 heteroatoms. The average Bonchev–Trinajstić information content (AvgIpc) is 2.17. The van der Waals surface area contributed by atoms with Crippen molar-refractivity contribution in [2.24, 2.45) is 0 Å². The predicted octanol–water partition coefficient (Wildman–Crippen LogP) is 1.09. The molecule has 0 unspecified atom stereocenters. The molecule has 0 aromatic heterocycles. The van der Waals surface area contributed by atoms with Crippen molar-refractivity contribution in [3.05, 3.63) is 0 Å². The quantitative estimate of drug-likeness (QED) is 0.627. The molecular formula is C11H20N2O. The van der Waals surface area contributed by atoms with Gasteiger partial charge in [-0.3, -0.25) is 9.69 Å². The Bertz CT molecular complexity index is 227. The molecule has 0 N–H and O–H groups in total. The molecule has 0 spiro atoms. The Balaban J connectivity index is 1.99. The number of piperazine rings is 1. The van der Waals surface area contributed by atoms with Crippen LogP contribution in [0.15, 0.2) is 0 Å². The van der Waals surface area contributed by atoms with Crippen LogP contribution < -0.4 is 0 Å². The summed E-state index contributed by atoms with van der Waals surface area (Å²) in [6.07, 6.45) is 3.07. The molecule has 0 radical (unpaired) electrons. The van der Waals surface area contributed by atoms with Gasteiger partial charge >= 0.3 is 0 Å². The van der Waals surface area contributed by atoms with Gasteiger partial charge in [-0.15, -0.1) is 0 Å². The Kier molecular flexibility index (Phi) is 2.77. The average molecular weight is 196 g/mol. The zero-order valence-corrected chi connectivity index (χ0v) is 9.20. The van der Waals surface area contributed by atoms with Gasteiger partial charge in [0.15, 0.2) is 0 Å². The van der Waals surface area contributed by atoms with E-state index in [0.29, 0.717) is 18.0 Å². The van der Waals surface area contributed by atoms with Crippen LogP contribution in [0.2, 0.25) is 0 Å². The molecule has 2 rings (SSSR count). The first kappa shape index (κ1) is 9.97. The van der Waals surface area contributed by atoms with E-state index in [1.807, 2.05) is 0 Å². The van der Waals surface area contributed by atoms with Gasteiger partial charge in [0, 0.05) is 38.1 Å². The number of amides is 1. The molecule has 0 saturated carbocycles. The van der Waals surface area contributed by atoms with Crippen LogP contribution in [0.1, 0.15) is 33.1 Å².